The second kappa shape index (κ2) is 11.2. The summed E-state index contributed by atoms with van der Waals surface area (Å²) in [5.74, 6) is 0.799. The number of aromatic amines is 1. The topological polar surface area (TPSA) is 76.8 Å². The standard InChI is InChI=1S/C26H24F4N4O2/c1-17-12-22(10-7-18(17)4-2-3-5-24-31-16-32-34-24)35-14-21-15-36-25(33-21)11-8-19-6-9-20(13-23(19)27)26(28,29)30/h6-13,15-16H,2-5,14H2,1H3,(H,31,32,34)/b11-8+. The third-order valence-corrected chi connectivity index (χ3v) is 5.58. The van der Waals surface area contributed by atoms with E-state index >= 15 is 0 Å². The van der Waals surface area contributed by atoms with Gasteiger partial charge >= 0.3 is 6.18 Å². The Morgan fingerprint density at radius 3 is 2.61 bits per heavy atom. The molecule has 0 bridgehead atoms. The van der Waals surface area contributed by atoms with Gasteiger partial charge in [0.15, 0.2) is 0 Å². The summed E-state index contributed by atoms with van der Waals surface area (Å²) in [7, 11) is 0. The van der Waals surface area contributed by atoms with Crippen LogP contribution >= 0.6 is 0 Å². The molecule has 10 heteroatoms. The van der Waals surface area contributed by atoms with E-state index in [-0.39, 0.29) is 18.1 Å². The van der Waals surface area contributed by atoms with Crippen LogP contribution in [-0.2, 0) is 25.6 Å². The molecule has 4 rings (SSSR count). The Morgan fingerprint density at radius 2 is 1.89 bits per heavy atom. The minimum Gasteiger partial charge on any atom is -0.487 e. The number of unbranched alkanes of at least 4 members (excludes halogenated alkanes) is 1. The fraction of sp³-hybridized carbons (Fsp3) is 0.269. The van der Waals surface area contributed by atoms with Crippen LogP contribution in [-0.4, -0.2) is 20.2 Å². The van der Waals surface area contributed by atoms with Gasteiger partial charge in [-0.1, -0.05) is 12.1 Å². The molecule has 4 aromatic rings. The van der Waals surface area contributed by atoms with Crippen LogP contribution in [0.5, 0.6) is 5.75 Å². The summed E-state index contributed by atoms with van der Waals surface area (Å²) in [4.78, 5) is 8.37. The molecule has 0 spiro atoms. The van der Waals surface area contributed by atoms with E-state index in [4.69, 9.17) is 9.15 Å². The molecule has 1 N–H and O–H groups in total. The molecule has 0 unspecified atom stereocenters. The molecule has 0 aliphatic carbocycles. The molecule has 0 amide bonds. The number of nitrogens with one attached hydrogen (secondary N) is 1. The van der Waals surface area contributed by atoms with Gasteiger partial charge in [0.25, 0.3) is 0 Å². The Kier molecular flexibility index (Phi) is 7.82. The van der Waals surface area contributed by atoms with Crippen LogP contribution in [0.4, 0.5) is 17.6 Å². The zero-order valence-corrected chi connectivity index (χ0v) is 19.5. The molecule has 0 fully saturated rings. The molecule has 0 saturated heterocycles. The fourth-order valence-corrected chi connectivity index (χ4v) is 3.62. The summed E-state index contributed by atoms with van der Waals surface area (Å²) < 4.78 is 63.1. The molecule has 0 atom stereocenters. The smallest absolute Gasteiger partial charge is 0.416 e. The van der Waals surface area contributed by atoms with Crippen LogP contribution in [0.1, 0.15) is 52.5 Å². The molecule has 0 radical (unpaired) electrons. The number of H-pyrrole nitrogens is 1. The maximum Gasteiger partial charge on any atom is 0.416 e. The molecular weight excluding hydrogens is 476 g/mol. The number of alkyl halides is 3. The Hall–Kier alpha value is -3.95. The van der Waals surface area contributed by atoms with Crippen molar-refractivity contribution in [2.24, 2.45) is 0 Å². The van der Waals surface area contributed by atoms with Crippen molar-refractivity contribution in [1.29, 1.82) is 0 Å². The van der Waals surface area contributed by atoms with E-state index < -0.39 is 17.6 Å². The van der Waals surface area contributed by atoms with Crippen molar-refractivity contribution in [3.63, 3.8) is 0 Å². The zero-order valence-electron chi connectivity index (χ0n) is 19.5. The van der Waals surface area contributed by atoms with Gasteiger partial charge in [0.1, 0.15) is 42.3 Å². The Morgan fingerprint density at radius 1 is 1.06 bits per heavy atom. The van der Waals surface area contributed by atoms with Crippen molar-refractivity contribution in [3.05, 3.63) is 94.5 Å². The van der Waals surface area contributed by atoms with Crippen molar-refractivity contribution in [2.45, 2.75) is 45.4 Å². The van der Waals surface area contributed by atoms with E-state index in [1.807, 2.05) is 19.1 Å². The minimum absolute atomic E-state index is 0.00691. The lowest BCUT2D eigenvalue weighted by Gasteiger charge is -2.09. The predicted octanol–water partition coefficient (Wildman–Crippen LogP) is 6.57. The highest BCUT2D eigenvalue weighted by Crippen LogP contribution is 2.30. The number of nitrogens with zero attached hydrogens (tertiary/aromatic N) is 3. The normalized spacial score (nSPS) is 11.9. The van der Waals surface area contributed by atoms with Crippen LogP contribution in [0.15, 0.2) is 53.4 Å². The van der Waals surface area contributed by atoms with E-state index in [0.29, 0.717) is 17.5 Å². The van der Waals surface area contributed by atoms with Crippen LogP contribution in [0.25, 0.3) is 12.2 Å². The summed E-state index contributed by atoms with van der Waals surface area (Å²) >= 11 is 0. The number of ether oxygens (including phenoxy) is 1. The molecule has 0 aliphatic heterocycles. The molecular formula is C26H24F4N4O2. The Labute approximate surface area is 205 Å². The molecule has 2 aromatic heterocycles. The number of hydrogen-bond acceptors (Lipinski definition) is 5. The van der Waals surface area contributed by atoms with Crippen molar-refractivity contribution in [1.82, 2.24) is 20.2 Å². The van der Waals surface area contributed by atoms with Gasteiger partial charge in [-0.25, -0.2) is 14.4 Å². The molecule has 0 saturated carbocycles. The number of aromatic nitrogens is 4. The van der Waals surface area contributed by atoms with Crippen molar-refractivity contribution in [3.8, 4) is 5.75 Å². The molecule has 2 heterocycles. The highest BCUT2D eigenvalue weighted by atomic mass is 19.4. The lowest BCUT2D eigenvalue weighted by Crippen LogP contribution is -2.05. The van der Waals surface area contributed by atoms with E-state index in [0.717, 1.165) is 49.2 Å². The SMILES string of the molecule is Cc1cc(OCc2coc(/C=C/c3ccc(C(F)(F)F)cc3F)n2)ccc1CCCCc1ncn[nH]1. The monoisotopic (exact) mass is 500 g/mol. The third-order valence-electron chi connectivity index (χ3n) is 5.58. The van der Waals surface area contributed by atoms with Gasteiger partial charge in [0.2, 0.25) is 5.89 Å². The molecule has 2 aromatic carbocycles. The number of benzene rings is 2. The Balaban J connectivity index is 1.27. The van der Waals surface area contributed by atoms with Gasteiger partial charge in [0.05, 0.1) is 5.56 Å². The largest absolute Gasteiger partial charge is 0.487 e. The fourth-order valence-electron chi connectivity index (χ4n) is 3.62. The van der Waals surface area contributed by atoms with Gasteiger partial charge < -0.3 is 9.15 Å². The quantitative estimate of drug-likeness (QED) is 0.197. The number of oxazole rings is 1. The third kappa shape index (κ3) is 6.80. The van der Waals surface area contributed by atoms with Crippen LogP contribution in [0.2, 0.25) is 0 Å². The van der Waals surface area contributed by atoms with E-state index in [2.05, 4.69) is 26.2 Å². The van der Waals surface area contributed by atoms with Gasteiger partial charge in [-0.3, -0.25) is 5.10 Å². The first kappa shape index (κ1) is 25.2. The molecule has 188 valence electrons. The maximum absolute atomic E-state index is 14.0. The van der Waals surface area contributed by atoms with E-state index in [1.165, 1.54) is 30.3 Å². The van der Waals surface area contributed by atoms with Crippen LogP contribution in [0, 0.1) is 12.7 Å². The van der Waals surface area contributed by atoms with Crippen LogP contribution < -0.4 is 4.74 Å². The Bertz CT molecular complexity index is 1310. The van der Waals surface area contributed by atoms with Gasteiger partial charge in [0, 0.05) is 18.1 Å². The van der Waals surface area contributed by atoms with Gasteiger partial charge in [-0.15, -0.1) is 0 Å². The van der Waals surface area contributed by atoms with Crippen molar-refractivity contribution in [2.75, 3.05) is 0 Å². The molecule has 36 heavy (non-hydrogen) atoms. The summed E-state index contributed by atoms with van der Waals surface area (Å²) in [5, 5.41) is 6.71. The highest BCUT2D eigenvalue weighted by molar-refractivity contribution is 5.66. The van der Waals surface area contributed by atoms with Gasteiger partial charge in [-0.05, 0) is 67.7 Å². The van der Waals surface area contributed by atoms with E-state index in [1.54, 1.807) is 0 Å². The average Bonchev–Trinajstić information content (AvgIpc) is 3.52. The van der Waals surface area contributed by atoms with E-state index in [9.17, 15) is 17.6 Å². The first-order valence-electron chi connectivity index (χ1n) is 11.3. The molecule has 0 aliphatic rings. The van der Waals surface area contributed by atoms with Crippen molar-refractivity contribution < 1.29 is 26.7 Å². The lowest BCUT2D eigenvalue weighted by atomic mass is 10.0. The number of halogens is 4. The van der Waals surface area contributed by atoms with Crippen LogP contribution in [0.3, 0.4) is 0 Å². The first-order valence-corrected chi connectivity index (χ1v) is 11.3. The zero-order chi connectivity index (χ0) is 25.5. The summed E-state index contributed by atoms with van der Waals surface area (Å²) in [6.45, 7) is 2.21. The highest BCUT2D eigenvalue weighted by Gasteiger charge is 2.30. The summed E-state index contributed by atoms with van der Waals surface area (Å²) in [6, 6.07) is 8.27. The number of rotatable bonds is 10. The van der Waals surface area contributed by atoms with Gasteiger partial charge in [-0.2, -0.15) is 18.3 Å². The summed E-state index contributed by atoms with van der Waals surface area (Å²) in [5.41, 5.74) is 1.86. The second-order valence-corrected chi connectivity index (χ2v) is 8.26. The number of hydrogen-bond donors (Lipinski definition) is 1. The van der Waals surface area contributed by atoms with Crippen molar-refractivity contribution >= 4 is 12.2 Å². The lowest BCUT2D eigenvalue weighted by molar-refractivity contribution is -0.137. The maximum atomic E-state index is 14.0. The first-order chi connectivity index (χ1) is 17.3. The predicted molar refractivity (Wildman–Crippen MR) is 125 cm³/mol. The molecule has 6 nitrogen and oxygen atoms in total. The average molecular weight is 500 g/mol. The number of aryl methyl sites for hydroxylation is 3. The second-order valence-electron chi connectivity index (χ2n) is 8.26. The minimum atomic E-state index is -4.60. The summed E-state index contributed by atoms with van der Waals surface area (Å²) in [6.07, 6.45) is 4.90.